The number of imidazole rings is 1. The molecule has 4 aromatic rings. The Morgan fingerprint density at radius 3 is 2.71 bits per heavy atom. The molecule has 0 spiro atoms. The predicted octanol–water partition coefficient (Wildman–Crippen LogP) is 5.37. The minimum atomic E-state index is -2.82. The van der Waals surface area contributed by atoms with Gasteiger partial charge in [0.05, 0.1) is 15.9 Å². The zero-order valence-corrected chi connectivity index (χ0v) is 15.7. The quantitative estimate of drug-likeness (QED) is 0.419. The van der Waals surface area contributed by atoms with Crippen LogP contribution in [0.25, 0.3) is 21.8 Å². The Labute approximate surface area is 162 Å². The number of alkyl halides is 2. The van der Waals surface area contributed by atoms with Crippen LogP contribution >= 0.6 is 11.3 Å². The molecule has 28 heavy (non-hydrogen) atoms. The molecule has 0 saturated carbocycles. The van der Waals surface area contributed by atoms with Crippen molar-refractivity contribution in [2.45, 2.75) is 26.5 Å². The van der Waals surface area contributed by atoms with Crippen molar-refractivity contribution in [1.29, 1.82) is 0 Å². The molecule has 6 nitrogen and oxygen atoms in total. The van der Waals surface area contributed by atoms with Gasteiger partial charge in [-0.3, -0.25) is 4.57 Å². The summed E-state index contributed by atoms with van der Waals surface area (Å²) in [6, 6.07) is 10.2. The van der Waals surface area contributed by atoms with Gasteiger partial charge in [-0.25, -0.2) is 14.8 Å². The number of aryl methyl sites for hydroxylation is 1. The largest absolute Gasteiger partial charge is 0.450 e. The van der Waals surface area contributed by atoms with E-state index < -0.39 is 18.6 Å². The molecule has 3 aromatic heterocycles. The predicted molar refractivity (Wildman–Crippen MR) is 99.4 cm³/mol. The van der Waals surface area contributed by atoms with E-state index in [0.29, 0.717) is 17.2 Å². The number of carbonyl (C=O) groups excluding carboxylic acids is 1. The summed E-state index contributed by atoms with van der Waals surface area (Å²) in [5.41, 5.74) is 0.682. The number of halogens is 2. The number of rotatable bonds is 5. The number of nitrogens with zero attached hydrogens (tertiary/aromatic N) is 3. The maximum absolute atomic E-state index is 13.6. The van der Waals surface area contributed by atoms with Crippen LogP contribution in [0.15, 0.2) is 46.2 Å². The van der Waals surface area contributed by atoms with E-state index in [4.69, 9.17) is 9.15 Å². The molecule has 0 bridgehead atoms. The van der Waals surface area contributed by atoms with Gasteiger partial charge in [0, 0.05) is 0 Å². The highest BCUT2D eigenvalue weighted by Gasteiger charge is 2.27. The van der Waals surface area contributed by atoms with Crippen LogP contribution in [0.3, 0.4) is 0 Å². The maximum Gasteiger partial charge on any atom is 0.361 e. The highest BCUT2D eigenvalue weighted by molar-refractivity contribution is 7.13. The molecule has 0 radical (unpaired) electrons. The third-order valence-electron chi connectivity index (χ3n) is 4.19. The lowest BCUT2D eigenvalue weighted by atomic mass is 10.3. The van der Waals surface area contributed by atoms with Gasteiger partial charge < -0.3 is 9.15 Å². The van der Waals surface area contributed by atoms with E-state index >= 15 is 0 Å². The summed E-state index contributed by atoms with van der Waals surface area (Å²) in [7, 11) is 0. The Morgan fingerprint density at radius 1 is 1.21 bits per heavy atom. The van der Waals surface area contributed by atoms with Crippen LogP contribution in [0.5, 0.6) is 0 Å². The second-order valence-electron chi connectivity index (χ2n) is 6.06. The summed E-state index contributed by atoms with van der Waals surface area (Å²) in [6.45, 7) is 0.274. The molecule has 0 aliphatic rings. The van der Waals surface area contributed by atoms with Gasteiger partial charge in [0.2, 0.25) is 5.89 Å². The Balaban J connectivity index is 1.62. The van der Waals surface area contributed by atoms with E-state index in [2.05, 4.69) is 9.97 Å². The van der Waals surface area contributed by atoms with Crippen LogP contribution in [0.1, 0.15) is 41.7 Å². The maximum atomic E-state index is 13.6. The number of carbonyl (C=O) groups is 1. The summed E-state index contributed by atoms with van der Waals surface area (Å²) in [4.78, 5) is 21.7. The molecule has 1 aromatic carbocycles. The summed E-state index contributed by atoms with van der Waals surface area (Å²) in [5.74, 6) is -0.191. The normalized spacial score (nSPS) is 12.6. The van der Waals surface area contributed by atoms with E-state index in [1.54, 1.807) is 31.2 Å². The molecule has 0 fully saturated rings. The Bertz CT molecular complexity index is 1130. The molecule has 0 N–H and O–H groups in total. The monoisotopic (exact) mass is 403 g/mol. The number of esters is 1. The van der Waals surface area contributed by atoms with E-state index in [1.807, 2.05) is 17.5 Å². The van der Waals surface area contributed by atoms with E-state index in [1.165, 1.54) is 18.3 Å². The number of para-hydroxylation sites is 2. The second-order valence-corrected chi connectivity index (χ2v) is 7.00. The number of ether oxygens (including phenoxy) is 1. The van der Waals surface area contributed by atoms with Gasteiger partial charge in [0.25, 0.3) is 0 Å². The van der Waals surface area contributed by atoms with Gasteiger partial charge in [-0.2, -0.15) is 8.78 Å². The summed E-state index contributed by atoms with van der Waals surface area (Å²) in [5, 5.41) is 1.86. The lowest BCUT2D eigenvalue weighted by Gasteiger charge is -2.14. The molecule has 3 heterocycles. The van der Waals surface area contributed by atoms with Crippen molar-refractivity contribution >= 4 is 28.3 Å². The molecule has 4 rings (SSSR count). The highest BCUT2D eigenvalue weighted by atomic mass is 32.1. The molecule has 9 heteroatoms. The van der Waals surface area contributed by atoms with Gasteiger partial charge in [-0.15, -0.1) is 11.3 Å². The molecule has 1 atom stereocenters. The summed E-state index contributed by atoms with van der Waals surface area (Å²) < 4.78 is 38.9. The second kappa shape index (κ2) is 7.16. The molecular formula is C19H15F2N3O3S. The number of benzene rings is 1. The topological polar surface area (TPSA) is 70.2 Å². The first-order chi connectivity index (χ1) is 13.5. The molecule has 0 aliphatic heterocycles. The Kier molecular flexibility index (Phi) is 4.68. The fourth-order valence-electron chi connectivity index (χ4n) is 2.92. The summed E-state index contributed by atoms with van der Waals surface area (Å²) in [6.07, 6.45) is -1.00. The molecule has 1 unspecified atom stereocenters. The summed E-state index contributed by atoms with van der Waals surface area (Å²) >= 11 is 1.42. The van der Waals surface area contributed by atoms with Crippen molar-refractivity contribution < 1.29 is 22.7 Å². The molecular weight excluding hydrogens is 388 g/mol. The Morgan fingerprint density at radius 2 is 2.00 bits per heavy atom. The van der Waals surface area contributed by atoms with Crippen molar-refractivity contribution in [3.8, 4) is 10.8 Å². The van der Waals surface area contributed by atoms with Crippen LogP contribution in [-0.2, 0) is 4.74 Å². The van der Waals surface area contributed by atoms with Crippen molar-refractivity contribution in [3.63, 3.8) is 0 Å². The highest BCUT2D eigenvalue weighted by Crippen LogP contribution is 2.30. The van der Waals surface area contributed by atoms with E-state index in [-0.39, 0.29) is 17.0 Å². The standard InChI is InChI=1S/C19H15F2N3O3S/c1-10-15(23-17(26-10)14-8-5-9-28-14)18(25)27-11(2)16-22-12-6-3-4-7-13(12)24(16)19(20)21/h3-9,11,19H,1-2H3. The first kappa shape index (κ1) is 18.3. The minimum absolute atomic E-state index is 0.00922. The molecule has 0 amide bonds. The number of thiophene rings is 1. The number of hydrogen-bond acceptors (Lipinski definition) is 6. The van der Waals surface area contributed by atoms with Crippen molar-refractivity contribution in [1.82, 2.24) is 14.5 Å². The minimum Gasteiger partial charge on any atom is -0.450 e. The average molecular weight is 403 g/mol. The van der Waals surface area contributed by atoms with Crippen LogP contribution in [-0.4, -0.2) is 20.5 Å². The molecule has 0 aliphatic carbocycles. The van der Waals surface area contributed by atoms with Crippen molar-refractivity contribution in [2.75, 3.05) is 0 Å². The molecule has 144 valence electrons. The van der Waals surface area contributed by atoms with Gasteiger partial charge in [-0.1, -0.05) is 18.2 Å². The van der Waals surface area contributed by atoms with Crippen molar-refractivity contribution in [2.24, 2.45) is 0 Å². The van der Waals surface area contributed by atoms with Gasteiger partial charge in [0.15, 0.2) is 17.6 Å². The van der Waals surface area contributed by atoms with Gasteiger partial charge in [-0.05, 0) is 37.4 Å². The Hall–Kier alpha value is -3.07. The first-order valence-corrected chi connectivity index (χ1v) is 9.31. The zero-order chi connectivity index (χ0) is 19.8. The van der Waals surface area contributed by atoms with Crippen LogP contribution < -0.4 is 0 Å². The van der Waals surface area contributed by atoms with Crippen molar-refractivity contribution in [3.05, 3.63) is 59.1 Å². The SMILES string of the molecule is Cc1oc(-c2cccs2)nc1C(=O)OC(C)c1nc2ccccc2n1C(F)F. The fraction of sp³-hybridized carbons (Fsp3) is 0.211. The number of fused-ring (bicyclic) bond motifs is 1. The fourth-order valence-corrected chi connectivity index (χ4v) is 3.56. The van der Waals surface area contributed by atoms with Gasteiger partial charge in [0.1, 0.15) is 5.76 Å². The number of aromatic nitrogens is 3. The number of hydrogen-bond donors (Lipinski definition) is 0. The molecule has 0 saturated heterocycles. The van der Waals surface area contributed by atoms with Crippen LogP contribution in [0, 0.1) is 6.92 Å². The third-order valence-corrected chi connectivity index (χ3v) is 5.05. The average Bonchev–Trinajstić information content (AvgIpc) is 3.38. The van der Waals surface area contributed by atoms with Crippen LogP contribution in [0.4, 0.5) is 8.78 Å². The third kappa shape index (κ3) is 3.18. The number of oxazole rings is 1. The zero-order valence-electron chi connectivity index (χ0n) is 14.9. The van der Waals surface area contributed by atoms with E-state index in [0.717, 1.165) is 9.44 Å². The lowest BCUT2D eigenvalue weighted by molar-refractivity contribution is 0.0226. The van der Waals surface area contributed by atoms with Crippen LogP contribution in [0.2, 0.25) is 0 Å². The van der Waals surface area contributed by atoms with Gasteiger partial charge >= 0.3 is 12.5 Å². The smallest absolute Gasteiger partial charge is 0.361 e. The van der Waals surface area contributed by atoms with E-state index in [9.17, 15) is 13.6 Å². The lowest BCUT2D eigenvalue weighted by Crippen LogP contribution is -2.15. The first-order valence-electron chi connectivity index (χ1n) is 8.43.